The zero-order valence-corrected chi connectivity index (χ0v) is 18.2. The van der Waals surface area contributed by atoms with Crippen LogP contribution < -0.4 is 9.80 Å². The summed E-state index contributed by atoms with van der Waals surface area (Å²) in [5, 5.41) is 0.747. The first kappa shape index (κ1) is 20.2. The molecule has 0 radical (unpaired) electrons. The second kappa shape index (κ2) is 8.71. The maximum atomic E-state index is 13.3. The van der Waals surface area contributed by atoms with Crippen LogP contribution in [0.1, 0.15) is 29.8 Å². The molecule has 2 aliphatic rings. The number of carbonyl (C=O) groups excluding carboxylic acids is 2. The van der Waals surface area contributed by atoms with Crippen molar-refractivity contribution in [2.24, 2.45) is 5.92 Å². The highest BCUT2D eigenvalue weighted by atomic mass is 32.2. The molecule has 1 aromatic heterocycles. The van der Waals surface area contributed by atoms with Crippen molar-refractivity contribution in [3.8, 4) is 0 Å². The van der Waals surface area contributed by atoms with Gasteiger partial charge in [-0.15, -0.1) is 29.7 Å². The highest BCUT2D eigenvalue weighted by molar-refractivity contribution is 7.98. The Kier molecular flexibility index (Phi) is 6.06. The molecule has 5 nitrogen and oxygen atoms in total. The minimum atomic E-state index is -0.358. The third-order valence-electron chi connectivity index (χ3n) is 5.50. The fraction of sp³-hybridized carbons (Fsp3) is 0.409. The number of thiazole rings is 1. The Morgan fingerprint density at radius 2 is 2.10 bits per heavy atom. The number of thioether (sulfide) groups is 1. The average Bonchev–Trinajstić information content (AvgIpc) is 3.35. The zero-order valence-electron chi connectivity index (χ0n) is 16.6. The molecule has 0 spiro atoms. The summed E-state index contributed by atoms with van der Waals surface area (Å²) in [6.45, 7) is 4.64. The molecule has 7 heteroatoms. The van der Waals surface area contributed by atoms with E-state index >= 15 is 0 Å². The smallest absolute Gasteiger partial charge is 0.234 e. The Bertz CT molecular complexity index is 899. The summed E-state index contributed by atoms with van der Waals surface area (Å²) < 4.78 is 0. The summed E-state index contributed by atoms with van der Waals surface area (Å²) in [6, 6.07) is 7.92. The van der Waals surface area contributed by atoms with E-state index < -0.39 is 0 Å². The van der Waals surface area contributed by atoms with E-state index in [0.717, 1.165) is 40.7 Å². The van der Waals surface area contributed by atoms with Gasteiger partial charge in [-0.3, -0.25) is 14.5 Å². The van der Waals surface area contributed by atoms with Crippen molar-refractivity contribution in [2.75, 3.05) is 29.1 Å². The number of aromatic nitrogens is 1. The van der Waals surface area contributed by atoms with E-state index in [1.54, 1.807) is 39.0 Å². The lowest BCUT2D eigenvalue weighted by Gasteiger charge is -2.22. The number of amides is 2. The highest BCUT2D eigenvalue weighted by Crippen LogP contribution is 2.34. The van der Waals surface area contributed by atoms with Crippen LogP contribution >= 0.6 is 23.1 Å². The van der Waals surface area contributed by atoms with E-state index in [4.69, 9.17) is 4.98 Å². The molecule has 2 heterocycles. The van der Waals surface area contributed by atoms with E-state index in [1.165, 1.54) is 11.3 Å². The molecule has 1 aliphatic carbocycles. The molecule has 152 valence electrons. The van der Waals surface area contributed by atoms with Gasteiger partial charge in [0.1, 0.15) is 0 Å². The van der Waals surface area contributed by atoms with Crippen LogP contribution in [0.25, 0.3) is 0 Å². The van der Waals surface area contributed by atoms with Gasteiger partial charge in [0.05, 0.1) is 11.6 Å². The van der Waals surface area contributed by atoms with E-state index in [9.17, 15) is 9.59 Å². The minimum Gasteiger partial charge on any atom is -0.312 e. The van der Waals surface area contributed by atoms with Crippen molar-refractivity contribution < 1.29 is 9.59 Å². The molecule has 29 heavy (non-hydrogen) atoms. The van der Waals surface area contributed by atoms with Crippen LogP contribution in [-0.4, -0.2) is 36.1 Å². The molecular weight excluding hydrogens is 402 g/mol. The molecule has 2 amide bonds. The lowest BCUT2D eigenvalue weighted by molar-refractivity contribution is -0.124. The first-order chi connectivity index (χ1) is 14.1. The van der Waals surface area contributed by atoms with E-state index in [0.29, 0.717) is 13.1 Å². The number of carbonyl (C=O) groups is 2. The van der Waals surface area contributed by atoms with Crippen LogP contribution in [0.15, 0.2) is 41.8 Å². The summed E-state index contributed by atoms with van der Waals surface area (Å²) in [6.07, 6.45) is 8.37. The molecule has 1 fully saturated rings. The molecule has 1 aromatic carbocycles. The van der Waals surface area contributed by atoms with Crippen molar-refractivity contribution in [1.29, 1.82) is 0 Å². The predicted octanol–water partition coefficient (Wildman–Crippen LogP) is 4.32. The molecule has 0 N–H and O–H groups in total. The predicted molar refractivity (Wildman–Crippen MR) is 120 cm³/mol. The van der Waals surface area contributed by atoms with Crippen LogP contribution in [0, 0.1) is 5.92 Å². The maximum absolute atomic E-state index is 13.3. The van der Waals surface area contributed by atoms with Crippen molar-refractivity contribution in [1.82, 2.24) is 4.98 Å². The van der Waals surface area contributed by atoms with Gasteiger partial charge >= 0.3 is 0 Å². The number of rotatable bonds is 6. The molecule has 0 bridgehead atoms. The van der Waals surface area contributed by atoms with Gasteiger partial charge in [0.15, 0.2) is 5.13 Å². The number of hydrogen-bond acceptors (Lipinski definition) is 5. The van der Waals surface area contributed by atoms with Gasteiger partial charge in [-0.2, -0.15) is 0 Å². The number of aryl methyl sites for hydroxylation is 2. The second-order valence-electron chi connectivity index (χ2n) is 7.41. The molecular formula is C22H25N3O2S2. The van der Waals surface area contributed by atoms with Crippen LogP contribution in [0.2, 0.25) is 0 Å². The number of fused-ring (bicyclic) bond motifs is 1. The van der Waals surface area contributed by atoms with Crippen molar-refractivity contribution in [3.05, 3.63) is 47.5 Å². The summed E-state index contributed by atoms with van der Waals surface area (Å²) in [4.78, 5) is 36.6. The largest absolute Gasteiger partial charge is 0.312 e. The Morgan fingerprint density at radius 1 is 1.34 bits per heavy atom. The highest BCUT2D eigenvalue weighted by Gasteiger charge is 2.38. The summed E-state index contributed by atoms with van der Waals surface area (Å²) in [7, 11) is 0. The molecule has 0 saturated carbocycles. The van der Waals surface area contributed by atoms with Gasteiger partial charge in [-0.25, -0.2) is 4.98 Å². The van der Waals surface area contributed by atoms with E-state index in [-0.39, 0.29) is 24.2 Å². The number of benzene rings is 1. The van der Waals surface area contributed by atoms with Gasteiger partial charge in [-0.05, 0) is 56.2 Å². The standard InChI is InChI=1S/C22H25N3O2S2/c1-3-12-24(22-23-18-6-4-5-7-19(18)29-22)21(27)15-13-20(26)25(14-15)16-8-10-17(28-2)11-9-16/h3,8-11,15H,1,4-7,12-14H2,2H3. The summed E-state index contributed by atoms with van der Waals surface area (Å²) in [5.74, 6) is -0.395. The summed E-state index contributed by atoms with van der Waals surface area (Å²) >= 11 is 3.28. The van der Waals surface area contributed by atoms with Gasteiger partial charge in [0, 0.05) is 35.0 Å². The quantitative estimate of drug-likeness (QED) is 0.509. The Morgan fingerprint density at radius 3 is 2.79 bits per heavy atom. The average molecular weight is 428 g/mol. The first-order valence-electron chi connectivity index (χ1n) is 9.96. The Hall–Kier alpha value is -2.12. The fourth-order valence-electron chi connectivity index (χ4n) is 3.95. The van der Waals surface area contributed by atoms with Gasteiger partial charge in [0.25, 0.3) is 0 Å². The molecule has 1 saturated heterocycles. The number of anilines is 2. The lowest BCUT2D eigenvalue weighted by Crippen LogP contribution is -2.37. The zero-order chi connectivity index (χ0) is 20.4. The number of nitrogens with zero attached hydrogens (tertiary/aromatic N) is 3. The van der Waals surface area contributed by atoms with Crippen molar-refractivity contribution in [2.45, 2.75) is 37.0 Å². The molecule has 2 aromatic rings. The fourth-order valence-corrected chi connectivity index (χ4v) is 5.52. The maximum Gasteiger partial charge on any atom is 0.234 e. The van der Waals surface area contributed by atoms with Crippen LogP contribution in [0.4, 0.5) is 10.8 Å². The third kappa shape index (κ3) is 4.12. The van der Waals surface area contributed by atoms with Gasteiger partial charge in [0.2, 0.25) is 11.8 Å². The molecule has 1 unspecified atom stereocenters. The Labute approximate surface area is 179 Å². The normalized spacial score (nSPS) is 18.6. The van der Waals surface area contributed by atoms with Crippen LogP contribution in [0.5, 0.6) is 0 Å². The Balaban J connectivity index is 1.53. The third-order valence-corrected chi connectivity index (χ3v) is 7.43. The first-order valence-corrected chi connectivity index (χ1v) is 12.0. The summed E-state index contributed by atoms with van der Waals surface area (Å²) in [5.41, 5.74) is 1.99. The number of hydrogen-bond donors (Lipinski definition) is 0. The monoisotopic (exact) mass is 427 g/mol. The second-order valence-corrected chi connectivity index (χ2v) is 9.36. The van der Waals surface area contributed by atoms with Crippen LogP contribution in [0.3, 0.4) is 0 Å². The molecule has 4 rings (SSSR count). The van der Waals surface area contributed by atoms with Gasteiger partial charge in [-0.1, -0.05) is 6.08 Å². The topological polar surface area (TPSA) is 53.5 Å². The van der Waals surface area contributed by atoms with Gasteiger partial charge < -0.3 is 4.90 Å². The van der Waals surface area contributed by atoms with E-state index in [2.05, 4.69) is 6.58 Å². The van der Waals surface area contributed by atoms with Crippen LogP contribution in [-0.2, 0) is 22.4 Å². The molecule has 1 atom stereocenters. The minimum absolute atomic E-state index is 0.00256. The molecule has 1 aliphatic heterocycles. The lowest BCUT2D eigenvalue weighted by atomic mass is 10.0. The van der Waals surface area contributed by atoms with Crippen molar-refractivity contribution >= 4 is 45.7 Å². The SMILES string of the molecule is C=CCN(C(=O)C1CC(=O)N(c2ccc(SC)cc2)C1)c1nc2c(s1)CCCC2. The van der Waals surface area contributed by atoms with E-state index in [1.807, 2.05) is 30.5 Å². The van der Waals surface area contributed by atoms with Crippen molar-refractivity contribution in [3.63, 3.8) is 0 Å².